The van der Waals surface area contributed by atoms with Gasteiger partial charge in [0.15, 0.2) is 11.5 Å². The van der Waals surface area contributed by atoms with Crippen LogP contribution in [0, 0.1) is 0 Å². The summed E-state index contributed by atoms with van der Waals surface area (Å²) in [6.07, 6.45) is 1.35. The van der Waals surface area contributed by atoms with Crippen molar-refractivity contribution in [2.75, 3.05) is 5.32 Å². The number of aromatic amines is 1. The number of nitrogens with one attached hydrogen (secondary N) is 2. The monoisotopic (exact) mass is 234 g/mol. The van der Waals surface area contributed by atoms with Gasteiger partial charge in [0.2, 0.25) is 0 Å². The van der Waals surface area contributed by atoms with Gasteiger partial charge < -0.3 is 9.84 Å². The van der Waals surface area contributed by atoms with E-state index >= 15 is 0 Å². The highest BCUT2D eigenvalue weighted by Gasteiger charge is 2.18. The van der Waals surface area contributed by atoms with Crippen LogP contribution in [0.5, 0.6) is 0 Å². The third-order valence-electron chi connectivity index (χ3n) is 2.30. The lowest BCUT2D eigenvalue weighted by molar-refractivity contribution is 0.101. The van der Waals surface area contributed by atoms with E-state index in [2.05, 4.69) is 46.0 Å². The summed E-state index contributed by atoms with van der Waals surface area (Å²) in [6.45, 7) is 6.18. The van der Waals surface area contributed by atoms with Crippen molar-refractivity contribution < 1.29 is 9.32 Å². The van der Waals surface area contributed by atoms with Gasteiger partial charge in [0.05, 0.1) is 0 Å². The molecule has 0 saturated carbocycles. The standard InChI is InChI=1S/C11H14N4O2/c1-11(2,3)8-6-9(14-13-8)12-10(16)7-4-5-17-15-7/h4-6H,1-3H3,(H2,12,13,14,16). The molecule has 0 saturated heterocycles. The van der Waals surface area contributed by atoms with Crippen LogP contribution in [0.15, 0.2) is 22.9 Å². The van der Waals surface area contributed by atoms with Gasteiger partial charge in [-0.3, -0.25) is 9.89 Å². The normalized spacial score (nSPS) is 11.5. The van der Waals surface area contributed by atoms with E-state index in [1.807, 2.05) is 0 Å². The summed E-state index contributed by atoms with van der Waals surface area (Å²) in [7, 11) is 0. The summed E-state index contributed by atoms with van der Waals surface area (Å²) in [6, 6.07) is 3.30. The van der Waals surface area contributed by atoms with Crippen LogP contribution in [-0.2, 0) is 5.41 Å². The van der Waals surface area contributed by atoms with E-state index in [0.717, 1.165) is 5.69 Å². The number of nitrogens with zero attached hydrogens (tertiary/aromatic N) is 2. The van der Waals surface area contributed by atoms with E-state index in [0.29, 0.717) is 5.82 Å². The van der Waals surface area contributed by atoms with Crippen LogP contribution >= 0.6 is 0 Å². The van der Waals surface area contributed by atoms with Crippen molar-refractivity contribution >= 4 is 11.7 Å². The maximum absolute atomic E-state index is 11.6. The summed E-state index contributed by atoms with van der Waals surface area (Å²) in [5.74, 6) is 0.133. The number of carbonyl (C=O) groups excluding carboxylic acids is 1. The number of rotatable bonds is 2. The van der Waals surface area contributed by atoms with Gasteiger partial charge in [0, 0.05) is 23.2 Å². The third kappa shape index (κ3) is 2.52. The molecule has 2 rings (SSSR count). The van der Waals surface area contributed by atoms with E-state index in [4.69, 9.17) is 0 Å². The zero-order chi connectivity index (χ0) is 12.5. The van der Waals surface area contributed by atoms with Crippen LogP contribution in [0.25, 0.3) is 0 Å². The van der Waals surface area contributed by atoms with Crippen LogP contribution < -0.4 is 5.32 Å². The minimum atomic E-state index is -0.342. The molecule has 0 aliphatic rings. The van der Waals surface area contributed by atoms with Gasteiger partial charge >= 0.3 is 0 Å². The van der Waals surface area contributed by atoms with Gasteiger partial charge in [-0.2, -0.15) is 5.10 Å². The average Bonchev–Trinajstić information content (AvgIpc) is 2.85. The fraction of sp³-hybridized carbons (Fsp3) is 0.364. The Hall–Kier alpha value is -2.11. The molecule has 0 bridgehead atoms. The Balaban J connectivity index is 2.10. The molecular formula is C11H14N4O2. The molecule has 0 aromatic carbocycles. The minimum Gasteiger partial charge on any atom is -0.364 e. The quantitative estimate of drug-likeness (QED) is 0.831. The molecule has 0 unspecified atom stereocenters. The molecule has 2 heterocycles. The minimum absolute atomic E-state index is 0.0378. The van der Waals surface area contributed by atoms with E-state index in [-0.39, 0.29) is 17.0 Å². The van der Waals surface area contributed by atoms with Gasteiger partial charge in [-0.25, -0.2) is 0 Å². The molecule has 0 atom stereocenters. The average molecular weight is 234 g/mol. The molecule has 2 aromatic rings. The Bertz CT molecular complexity index is 508. The number of aromatic nitrogens is 3. The maximum atomic E-state index is 11.6. The van der Waals surface area contributed by atoms with Crippen molar-refractivity contribution in [3.05, 3.63) is 29.8 Å². The summed E-state index contributed by atoms with van der Waals surface area (Å²) < 4.78 is 4.59. The Morgan fingerprint density at radius 1 is 1.47 bits per heavy atom. The Morgan fingerprint density at radius 3 is 2.76 bits per heavy atom. The first-order valence-electron chi connectivity index (χ1n) is 5.24. The molecule has 17 heavy (non-hydrogen) atoms. The summed E-state index contributed by atoms with van der Waals surface area (Å²) in [5, 5.41) is 13.1. The molecule has 90 valence electrons. The number of carbonyl (C=O) groups is 1. The summed E-state index contributed by atoms with van der Waals surface area (Å²) >= 11 is 0. The first kappa shape index (κ1) is 11.4. The van der Waals surface area contributed by atoms with Gasteiger partial charge in [0.1, 0.15) is 6.26 Å². The lowest BCUT2D eigenvalue weighted by atomic mass is 9.92. The second-order valence-corrected chi connectivity index (χ2v) is 4.76. The Kier molecular flexibility index (Phi) is 2.71. The summed E-state index contributed by atoms with van der Waals surface area (Å²) in [4.78, 5) is 11.6. The molecule has 0 radical (unpaired) electrons. The predicted octanol–water partition coefficient (Wildman–Crippen LogP) is 1.95. The lowest BCUT2D eigenvalue weighted by Gasteiger charge is -2.14. The molecule has 1 amide bonds. The van der Waals surface area contributed by atoms with Crippen LogP contribution in [0.4, 0.5) is 5.82 Å². The maximum Gasteiger partial charge on any atom is 0.279 e. The highest BCUT2D eigenvalue weighted by Crippen LogP contribution is 2.21. The molecule has 6 heteroatoms. The van der Waals surface area contributed by atoms with Crippen LogP contribution in [0.1, 0.15) is 37.0 Å². The Morgan fingerprint density at radius 2 is 2.24 bits per heavy atom. The smallest absolute Gasteiger partial charge is 0.279 e. The number of hydrogen-bond acceptors (Lipinski definition) is 4. The number of H-pyrrole nitrogens is 1. The van der Waals surface area contributed by atoms with Crippen molar-refractivity contribution in [3.63, 3.8) is 0 Å². The molecule has 2 aromatic heterocycles. The second kappa shape index (κ2) is 4.04. The molecule has 2 N–H and O–H groups in total. The number of hydrogen-bond donors (Lipinski definition) is 2. The highest BCUT2D eigenvalue weighted by molar-refractivity contribution is 6.02. The van der Waals surface area contributed by atoms with Crippen molar-refractivity contribution in [3.8, 4) is 0 Å². The zero-order valence-electron chi connectivity index (χ0n) is 9.94. The van der Waals surface area contributed by atoms with Crippen molar-refractivity contribution in [2.45, 2.75) is 26.2 Å². The van der Waals surface area contributed by atoms with E-state index in [9.17, 15) is 4.79 Å². The van der Waals surface area contributed by atoms with Crippen LogP contribution in [0.3, 0.4) is 0 Å². The van der Waals surface area contributed by atoms with Gasteiger partial charge in [-0.15, -0.1) is 0 Å². The van der Waals surface area contributed by atoms with Crippen LogP contribution in [0.2, 0.25) is 0 Å². The third-order valence-corrected chi connectivity index (χ3v) is 2.30. The number of amides is 1. The van der Waals surface area contributed by atoms with Gasteiger partial charge in [-0.1, -0.05) is 25.9 Å². The fourth-order valence-corrected chi connectivity index (χ4v) is 1.28. The molecule has 0 spiro atoms. The fourth-order valence-electron chi connectivity index (χ4n) is 1.28. The van der Waals surface area contributed by atoms with Crippen molar-refractivity contribution in [1.82, 2.24) is 15.4 Å². The largest absolute Gasteiger partial charge is 0.364 e. The van der Waals surface area contributed by atoms with Gasteiger partial charge in [0.25, 0.3) is 5.91 Å². The first-order chi connectivity index (χ1) is 7.97. The molecule has 0 fully saturated rings. The molecular weight excluding hydrogens is 220 g/mol. The molecule has 0 aliphatic heterocycles. The zero-order valence-corrected chi connectivity index (χ0v) is 9.94. The lowest BCUT2D eigenvalue weighted by Crippen LogP contribution is -2.12. The number of anilines is 1. The van der Waals surface area contributed by atoms with Crippen molar-refractivity contribution in [2.24, 2.45) is 0 Å². The second-order valence-electron chi connectivity index (χ2n) is 4.76. The summed E-state index contributed by atoms with van der Waals surface area (Å²) in [5.41, 5.74) is 1.14. The Labute approximate surface area is 98.4 Å². The SMILES string of the molecule is CC(C)(C)c1cc(NC(=O)c2ccon2)n[nH]1. The molecule has 0 aliphatic carbocycles. The van der Waals surface area contributed by atoms with Gasteiger partial charge in [-0.05, 0) is 0 Å². The van der Waals surface area contributed by atoms with Crippen molar-refractivity contribution in [1.29, 1.82) is 0 Å². The van der Waals surface area contributed by atoms with E-state index in [1.165, 1.54) is 12.3 Å². The highest BCUT2D eigenvalue weighted by atomic mass is 16.5. The first-order valence-corrected chi connectivity index (χ1v) is 5.24. The van der Waals surface area contributed by atoms with Crippen LogP contribution in [-0.4, -0.2) is 21.3 Å². The predicted molar refractivity (Wildman–Crippen MR) is 61.7 cm³/mol. The molecule has 6 nitrogen and oxygen atoms in total. The topological polar surface area (TPSA) is 83.8 Å². The van der Waals surface area contributed by atoms with E-state index < -0.39 is 0 Å². The van der Waals surface area contributed by atoms with E-state index in [1.54, 1.807) is 6.07 Å².